The summed E-state index contributed by atoms with van der Waals surface area (Å²) in [4.78, 5) is 4.14. The van der Waals surface area contributed by atoms with E-state index < -0.39 is 10.0 Å². The Kier molecular flexibility index (Phi) is 6.38. The normalized spacial score (nSPS) is 11.1. The molecule has 2 aromatic carbocycles. The lowest BCUT2D eigenvalue weighted by Gasteiger charge is -2.20. The van der Waals surface area contributed by atoms with Gasteiger partial charge < -0.3 is 10.1 Å². The predicted molar refractivity (Wildman–Crippen MR) is 112 cm³/mol. The first-order valence-electron chi connectivity index (χ1n) is 8.58. The molecule has 146 valence electrons. The van der Waals surface area contributed by atoms with Crippen molar-refractivity contribution in [3.63, 3.8) is 0 Å². The summed E-state index contributed by atoms with van der Waals surface area (Å²) in [5.41, 5.74) is 1.47. The molecule has 0 saturated heterocycles. The zero-order chi connectivity index (χ0) is 20.0. The summed E-state index contributed by atoms with van der Waals surface area (Å²) in [7, 11) is -2.18. The van der Waals surface area contributed by atoms with Gasteiger partial charge in [0.25, 0.3) is 10.0 Å². The number of benzene rings is 2. The van der Waals surface area contributed by atoms with E-state index in [0.29, 0.717) is 29.6 Å². The lowest BCUT2D eigenvalue weighted by molar-refractivity contribution is 0.333. The second-order valence-corrected chi connectivity index (χ2v) is 8.34. The van der Waals surface area contributed by atoms with Crippen LogP contribution in [0.4, 0.5) is 11.4 Å². The van der Waals surface area contributed by atoms with Crippen LogP contribution in [0.25, 0.3) is 0 Å². The number of rotatable bonds is 8. The molecule has 1 heterocycles. The van der Waals surface area contributed by atoms with Crippen molar-refractivity contribution in [3.8, 4) is 5.75 Å². The summed E-state index contributed by atoms with van der Waals surface area (Å²) in [6, 6.07) is 16.8. The first kappa shape index (κ1) is 20.0. The molecule has 3 aromatic rings. The van der Waals surface area contributed by atoms with E-state index in [0.717, 1.165) is 5.69 Å². The van der Waals surface area contributed by atoms with E-state index in [9.17, 15) is 8.42 Å². The summed E-state index contributed by atoms with van der Waals surface area (Å²) in [5, 5.41) is 3.70. The molecule has 0 saturated carbocycles. The van der Waals surface area contributed by atoms with Crippen LogP contribution in [0.5, 0.6) is 5.75 Å². The average Bonchev–Trinajstić information content (AvgIpc) is 2.72. The monoisotopic (exact) mass is 417 g/mol. The van der Waals surface area contributed by atoms with Gasteiger partial charge in [-0.2, -0.15) is 0 Å². The molecule has 8 heteroatoms. The average molecular weight is 418 g/mol. The Labute approximate surface area is 169 Å². The molecule has 0 amide bonds. The number of sulfonamides is 1. The lowest BCUT2D eigenvalue weighted by atomic mass is 10.3. The maximum absolute atomic E-state index is 12.8. The van der Waals surface area contributed by atoms with Crippen molar-refractivity contribution in [2.24, 2.45) is 0 Å². The summed E-state index contributed by atoms with van der Waals surface area (Å²) in [5.74, 6) is 0.590. The van der Waals surface area contributed by atoms with Crippen LogP contribution in [0.2, 0.25) is 5.02 Å². The maximum atomic E-state index is 12.8. The molecule has 0 aliphatic rings. The van der Waals surface area contributed by atoms with Gasteiger partial charge in [-0.1, -0.05) is 17.7 Å². The van der Waals surface area contributed by atoms with Gasteiger partial charge in [-0.15, -0.1) is 0 Å². The van der Waals surface area contributed by atoms with E-state index in [4.69, 9.17) is 16.3 Å². The van der Waals surface area contributed by atoms with E-state index in [1.165, 1.54) is 23.5 Å². The molecule has 1 aromatic heterocycles. The van der Waals surface area contributed by atoms with E-state index in [1.807, 2.05) is 12.1 Å². The van der Waals surface area contributed by atoms with Gasteiger partial charge in [-0.25, -0.2) is 8.42 Å². The molecule has 0 radical (unpaired) electrons. The molecule has 0 spiro atoms. The molecule has 0 aliphatic heterocycles. The maximum Gasteiger partial charge on any atom is 0.264 e. The Morgan fingerprint density at radius 2 is 1.79 bits per heavy atom. The third-order valence-electron chi connectivity index (χ3n) is 4.03. The molecule has 0 bridgehead atoms. The fourth-order valence-corrected chi connectivity index (χ4v) is 3.82. The van der Waals surface area contributed by atoms with E-state index in [1.54, 1.807) is 48.8 Å². The van der Waals surface area contributed by atoms with E-state index in [-0.39, 0.29) is 4.90 Å². The van der Waals surface area contributed by atoms with Crippen molar-refractivity contribution in [2.45, 2.75) is 4.90 Å². The number of nitrogens with zero attached hydrogens (tertiary/aromatic N) is 2. The third kappa shape index (κ3) is 4.94. The van der Waals surface area contributed by atoms with Gasteiger partial charge in [-0.3, -0.25) is 9.29 Å². The molecular formula is C20H20ClN3O3S. The van der Waals surface area contributed by atoms with Crippen molar-refractivity contribution in [1.82, 2.24) is 4.98 Å². The molecule has 1 N–H and O–H groups in total. The number of anilines is 2. The van der Waals surface area contributed by atoms with Crippen LogP contribution in [0.1, 0.15) is 0 Å². The highest BCUT2D eigenvalue weighted by Gasteiger charge is 2.21. The molecular weight excluding hydrogens is 398 g/mol. The number of ether oxygens (including phenoxy) is 1. The number of hydrogen-bond acceptors (Lipinski definition) is 5. The molecule has 0 aliphatic carbocycles. The largest absolute Gasteiger partial charge is 0.492 e. The van der Waals surface area contributed by atoms with Crippen molar-refractivity contribution in [2.75, 3.05) is 29.8 Å². The summed E-state index contributed by atoms with van der Waals surface area (Å²) in [6.45, 7) is 1.03. The highest BCUT2D eigenvalue weighted by atomic mass is 35.5. The first-order chi connectivity index (χ1) is 13.5. The molecule has 0 unspecified atom stereocenters. The van der Waals surface area contributed by atoms with Gasteiger partial charge in [0.15, 0.2) is 0 Å². The number of pyridine rings is 1. The Bertz CT molecular complexity index is 1010. The highest BCUT2D eigenvalue weighted by Crippen LogP contribution is 2.26. The molecule has 28 heavy (non-hydrogen) atoms. The summed E-state index contributed by atoms with van der Waals surface area (Å²) < 4.78 is 32.6. The van der Waals surface area contributed by atoms with Gasteiger partial charge in [-0.05, 0) is 48.5 Å². The smallest absolute Gasteiger partial charge is 0.264 e. The Hall–Kier alpha value is -2.77. The SMILES string of the molecule is CN(c1cccc(OCCNc2ccncc2)c1)S(=O)(=O)c1ccc(Cl)cc1. The van der Waals surface area contributed by atoms with Crippen molar-refractivity contribution in [1.29, 1.82) is 0 Å². The fraction of sp³-hybridized carbons (Fsp3) is 0.150. The minimum Gasteiger partial charge on any atom is -0.492 e. The number of nitrogens with one attached hydrogen (secondary N) is 1. The van der Waals surface area contributed by atoms with Crippen LogP contribution in [0.3, 0.4) is 0 Å². The van der Waals surface area contributed by atoms with E-state index in [2.05, 4.69) is 10.3 Å². The minimum atomic E-state index is -3.69. The lowest BCUT2D eigenvalue weighted by Crippen LogP contribution is -2.26. The van der Waals surface area contributed by atoms with Gasteiger partial charge in [0.2, 0.25) is 0 Å². The third-order valence-corrected chi connectivity index (χ3v) is 6.09. The van der Waals surface area contributed by atoms with Crippen molar-refractivity contribution in [3.05, 3.63) is 78.1 Å². The predicted octanol–water partition coefficient (Wildman–Crippen LogP) is 4.05. The minimum absolute atomic E-state index is 0.173. The Morgan fingerprint density at radius 3 is 2.50 bits per heavy atom. The van der Waals surface area contributed by atoms with Crippen LogP contribution < -0.4 is 14.4 Å². The molecule has 6 nitrogen and oxygen atoms in total. The van der Waals surface area contributed by atoms with Crippen LogP contribution in [0, 0.1) is 0 Å². The summed E-state index contributed by atoms with van der Waals surface area (Å²) in [6.07, 6.45) is 3.42. The standard InChI is InChI=1S/C20H20ClN3O3S/c1-24(28(25,26)20-7-5-16(21)6-8-20)18-3-2-4-19(15-18)27-14-13-23-17-9-11-22-12-10-17/h2-12,15H,13-14H2,1H3,(H,22,23). The Morgan fingerprint density at radius 1 is 1.07 bits per heavy atom. The topological polar surface area (TPSA) is 71.5 Å². The Balaban J connectivity index is 1.64. The molecule has 0 fully saturated rings. The van der Waals surface area contributed by atoms with Crippen LogP contribution in [-0.4, -0.2) is 33.6 Å². The number of hydrogen-bond donors (Lipinski definition) is 1. The second kappa shape index (κ2) is 8.95. The van der Waals surface area contributed by atoms with Gasteiger partial charge >= 0.3 is 0 Å². The van der Waals surface area contributed by atoms with Crippen molar-refractivity contribution >= 4 is 33.0 Å². The van der Waals surface area contributed by atoms with Gasteiger partial charge in [0.1, 0.15) is 12.4 Å². The fourth-order valence-electron chi connectivity index (χ4n) is 2.51. The summed E-state index contributed by atoms with van der Waals surface area (Å²) >= 11 is 5.85. The highest BCUT2D eigenvalue weighted by molar-refractivity contribution is 7.92. The number of halogens is 1. The van der Waals surface area contributed by atoms with Crippen LogP contribution in [0.15, 0.2) is 78.0 Å². The van der Waals surface area contributed by atoms with Crippen LogP contribution in [-0.2, 0) is 10.0 Å². The second-order valence-electron chi connectivity index (χ2n) is 5.93. The molecule has 0 atom stereocenters. The zero-order valence-electron chi connectivity index (χ0n) is 15.2. The first-order valence-corrected chi connectivity index (χ1v) is 10.4. The van der Waals surface area contributed by atoms with Crippen LogP contribution >= 0.6 is 11.6 Å². The quantitative estimate of drug-likeness (QED) is 0.560. The van der Waals surface area contributed by atoms with Gasteiger partial charge in [0, 0.05) is 42.8 Å². The zero-order valence-corrected chi connectivity index (χ0v) is 16.8. The van der Waals surface area contributed by atoms with Crippen molar-refractivity contribution < 1.29 is 13.2 Å². The molecule has 3 rings (SSSR count). The van der Waals surface area contributed by atoms with E-state index >= 15 is 0 Å². The van der Waals surface area contributed by atoms with Gasteiger partial charge in [0.05, 0.1) is 10.6 Å². The number of aromatic nitrogens is 1.